The first-order valence-electron chi connectivity index (χ1n) is 9.28. The highest BCUT2D eigenvalue weighted by Gasteiger charge is 2.41. The lowest BCUT2D eigenvalue weighted by Crippen LogP contribution is -2.46. The highest BCUT2D eigenvalue weighted by Crippen LogP contribution is 2.29. The van der Waals surface area contributed by atoms with E-state index in [1.54, 1.807) is 29.2 Å². The lowest BCUT2D eigenvalue weighted by Gasteiger charge is -2.33. The van der Waals surface area contributed by atoms with Crippen molar-refractivity contribution in [1.82, 2.24) is 9.21 Å². The number of amides is 1. The molecular formula is C19H26N2O5S. The minimum Gasteiger partial charge on any atom is -0.481 e. The molecular weight excluding hydrogens is 368 g/mol. The second-order valence-electron chi connectivity index (χ2n) is 7.68. The average Bonchev–Trinajstić information content (AvgIpc) is 3.03. The number of carbonyl (C=O) groups is 2. The number of hydrogen-bond donors (Lipinski definition) is 1. The first-order chi connectivity index (χ1) is 12.7. The Hall–Kier alpha value is -1.93. The molecule has 1 amide bonds. The third kappa shape index (κ3) is 4.01. The SMILES string of the molecule is Cc1ccc(S(=O)(=O)N2CCCC(C(=O)N3C[C@@H](C)[C@H](C(=O)O)C3)C2)cc1. The zero-order chi connectivity index (χ0) is 19.8. The van der Waals surface area contributed by atoms with Gasteiger partial charge in [-0.05, 0) is 37.8 Å². The molecule has 1 unspecified atom stereocenters. The van der Waals surface area contributed by atoms with Crippen LogP contribution >= 0.6 is 0 Å². The molecule has 3 atom stereocenters. The van der Waals surface area contributed by atoms with Crippen molar-refractivity contribution < 1.29 is 23.1 Å². The first-order valence-corrected chi connectivity index (χ1v) is 10.7. The molecule has 0 spiro atoms. The van der Waals surface area contributed by atoms with Crippen molar-refractivity contribution in [3.8, 4) is 0 Å². The first kappa shape index (κ1) is 19.8. The predicted octanol–water partition coefficient (Wildman–Crippen LogP) is 1.57. The van der Waals surface area contributed by atoms with Crippen LogP contribution in [0.4, 0.5) is 0 Å². The molecule has 148 valence electrons. The zero-order valence-electron chi connectivity index (χ0n) is 15.7. The number of carboxylic acid groups (broad SMARTS) is 1. The molecule has 1 aromatic rings. The lowest BCUT2D eigenvalue weighted by molar-refractivity contribution is -0.142. The van der Waals surface area contributed by atoms with Crippen LogP contribution in [0.25, 0.3) is 0 Å². The standard InChI is InChI=1S/C19H26N2O5S/c1-13-5-7-16(8-6-13)27(25,26)21-9-3-4-15(11-21)18(22)20-10-14(2)17(12-20)19(23)24/h5-8,14-15,17H,3-4,9-12H2,1-2H3,(H,23,24)/t14-,15?,17-/m1/s1. The largest absolute Gasteiger partial charge is 0.481 e. The van der Waals surface area contributed by atoms with Crippen molar-refractivity contribution in [2.45, 2.75) is 31.6 Å². The Morgan fingerprint density at radius 3 is 2.37 bits per heavy atom. The summed E-state index contributed by atoms with van der Waals surface area (Å²) >= 11 is 0. The second kappa shape index (κ2) is 7.59. The number of piperidine rings is 1. The fourth-order valence-electron chi connectivity index (χ4n) is 3.95. The third-order valence-electron chi connectivity index (χ3n) is 5.63. The number of carboxylic acids is 1. The summed E-state index contributed by atoms with van der Waals surface area (Å²) in [6.45, 7) is 4.90. The van der Waals surface area contributed by atoms with Crippen molar-refractivity contribution in [3.05, 3.63) is 29.8 Å². The van der Waals surface area contributed by atoms with Gasteiger partial charge in [0.2, 0.25) is 15.9 Å². The minimum absolute atomic E-state index is 0.0950. The fourth-order valence-corrected chi connectivity index (χ4v) is 5.47. The molecule has 2 fully saturated rings. The number of sulfonamides is 1. The Morgan fingerprint density at radius 1 is 1.11 bits per heavy atom. The van der Waals surface area contributed by atoms with Crippen LogP contribution in [-0.2, 0) is 19.6 Å². The van der Waals surface area contributed by atoms with Gasteiger partial charge in [0, 0.05) is 26.2 Å². The highest BCUT2D eigenvalue weighted by atomic mass is 32.2. The molecule has 3 rings (SSSR count). The van der Waals surface area contributed by atoms with Crippen LogP contribution in [0.1, 0.15) is 25.3 Å². The molecule has 0 aliphatic carbocycles. The lowest BCUT2D eigenvalue weighted by atomic mass is 9.98. The van der Waals surface area contributed by atoms with Gasteiger partial charge in [-0.25, -0.2) is 8.42 Å². The molecule has 0 bridgehead atoms. The van der Waals surface area contributed by atoms with Crippen LogP contribution in [0.3, 0.4) is 0 Å². The zero-order valence-corrected chi connectivity index (χ0v) is 16.5. The van der Waals surface area contributed by atoms with E-state index < -0.39 is 27.8 Å². The summed E-state index contributed by atoms with van der Waals surface area (Å²) < 4.78 is 27.2. The summed E-state index contributed by atoms with van der Waals surface area (Å²) in [5.41, 5.74) is 0.983. The smallest absolute Gasteiger partial charge is 0.308 e. The van der Waals surface area contributed by atoms with Gasteiger partial charge in [0.05, 0.1) is 16.7 Å². The minimum atomic E-state index is -3.64. The topological polar surface area (TPSA) is 95.0 Å². The van der Waals surface area contributed by atoms with E-state index in [4.69, 9.17) is 0 Å². The number of carbonyl (C=O) groups excluding carboxylic acids is 1. The van der Waals surface area contributed by atoms with E-state index in [1.807, 2.05) is 13.8 Å². The van der Waals surface area contributed by atoms with E-state index in [0.717, 1.165) is 5.56 Å². The third-order valence-corrected chi connectivity index (χ3v) is 7.51. The molecule has 2 heterocycles. The van der Waals surface area contributed by atoms with Gasteiger partial charge in [-0.3, -0.25) is 9.59 Å². The Morgan fingerprint density at radius 2 is 1.78 bits per heavy atom. The maximum Gasteiger partial charge on any atom is 0.308 e. The Bertz CT molecular complexity index is 821. The number of likely N-dealkylation sites (tertiary alicyclic amines) is 1. The number of aliphatic carboxylic acids is 1. The van der Waals surface area contributed by atoms with Crippen LogP contribution < -0.4 is 0 Å². The number of aryl methyl sites for hydroxylation is 1. The molecule has 0 saturated carbocycles. The summed E-state index contributed by atoms with van der Waals surface area (Å²) in [7, 11) is -3.64. The number of benzene rings is 1. The summed E-state index contributed by atoms with van der Waals surface area (Å²) in [6.07, 6.45) is 1.24. The van der Waals surface area contributed by atoms with Crippen LogP contribution in [0.15, 0.2) is 29.2 Å². The van der Waals surface area contributed by atoms with E-state index in [0.29, 0.717) is 25.9 Å². The summed E-state index contributed by atoms with van der Waals surface area (Å²) in [5, 5.41) is 9.26. The van der Waals surface area contributed by atoms with E-state index in [2.05, 4.69) is 0 Å². The molecule has 2 aliphatic heterocycles. The Balaban J connectivity index is 1.71. The molecule has 0 aromatic heterocycles. The molecule has 0 radical (unpaired) electrons. The molecule has 27 heavy (non-hydrogen) atoms. The van der Waals surface area contributed by atoms with E-state index in [9.17, 15) is 23.1 Å². The van der Waals surface area contributed by atoms with E-state index >= 15 is 0 Å². The van der Waals surface area contributed by atoms with Crippen LogP contribution in [0, 0.1) is 24.7 Å². The molecule has 7 nitrogen and oxygen atoms in total. The van der Waals surface area contributed by atoms with Gasteiger partial charge in [0.25, 0.3) is 0 Å². The van der Waals surface area contributed by atoms with Crippen LogP contribution in [-0.4, -0.2) is 60.8 Å². The second-order valence-corrected chi connectivity index (χ2v) is 9.62. The van der Waals surface area contributed by atoms with Crippen LogP contribution in [0.2, 0.25) is 0 Å². The van der Waals surface area contributed by atoms with Gasteiger partial charge in [0.15, 0.2) is 0 Å². The maximum absolute atomic E-state index is 12.9. The Kier molecular flexibility index (Phi) is 5.58. The fraction of sp³-hybridized carbons (Fsp3) is 0.579. The van der Waals surface area contributed by atoms with E-state index in [1.165, 1.54) is 4.31 Å². The van der Waals surface area contributed by atoms with Crippen molar-refractivity contribution in [2.75, 3.05) is 26.2 Å². The summed E-state index contributed by atoms with van der Waals surface area (Å²) in [6, 6.07) is 6.71. The highest BCUT2D eigenvalue weighted by molar-refractivity contribution is 7.89. The maximum atomic E-state index is 12.9. The number of hydrogen-bond acceptors (Lipinski definition) is 4. The van der Waals surface area contributed by atoms with Crippen molar-refractivity contribution in [2.24, 2.45) is 17.8 Å². The number of rotatable bonds is 4. The average molecular weight is 394 g/mol. The van der Waals surface area contributed by atoms with Crippen LogP contribution in [0.5, 0.6) is 0 Å². The van der Waals surface area contributed by atoms with E-state index in [-0.39, 0.29) is 29.8 Å². The van der Waals surface area contributed by atoms with Crippen molar-refractivity contribution in [1.29, 1.82) is 0 Å². The van der Waals surface area contributed by atoms with Gasteiger partial charge >= 0.3 is 5.97 Å². The molecule has 1 aromatic carbocycles. The van der Waals surface area contributed by atoms with Crippen molar-refractivity contribution >= 4 is 21.9 Å². The normalized spacial score (nSPS) is 26.9. The summed E-state index contributed by atoms with van der Waals surface area (Å²) in [5.74, 6) is -2.08. The predicted molar refractivity (Wildman–Crippen MR) is 99.5 cm³/mol. The Labute approximate surface area is 160 Å². The molecule has 8 heteroatoms. The monoisotopic (exact) mass is 394 g/mol. The van der Waals surface area contributed by atoms with Gasteiger partial charge in [-0.2, -0.15) is 4.31 Å². The molecule has 1 N–H and O–H groups in total. The van der Waals surface area contributed by atoms with Gasteiger partial charge in [0.1, 0.15) is 0 Å². The van der Waals surface area contributed by atoms with Gasteiger partial charge in [-0.1, -0.05) is 24.6 Å². The quantitative estimate of drug-likeness (QED) is 0.837. The summed E-state index contributed by atoms with van der Waals surface area (Å²) in [4.78, 5) is 26.0. The van der Waals surface area contributed by atoms with Crippen molar-refractivity contribution in [3.63, 3.8) is 0 Å². The number of nitrogens with zero attached hydrogens (tertiary/aromatic N) is 2. The molecule has 2 aliphatic rings. The molecule has 2 saturated heterocycles. The van der Waals surface area contributed by atoms with Gasteiger partial charge < -0.3 is 10.0 Å². The van der Waals surface area contributed by atoms with Gasteiger partial charge in [-0.15, -0.1) is 0 Å².